The van der Waals surface area contributed by atoms with Crippen molar-refractivity contribution in [2.45, 2.75) is 11.8 Å². The maximum absolute atomic E-state index is 12.2. The standard InChI is InChI=1S/C22H19N3O4S/c1-27-18-7-4-8-19(12-18)28-13-21-24-25-22(29-21)30-14-20(26)23-17-10-9-15-5-2-3-6-16(15)11-17/h2-12H,13-14H2,1H3,(H,23,26). The fraction of sp³-hybridized carbons (Fsp3) is 0.136. The van der Waals surface area contributed by atoms with Crippen molar-refractivity contribution in [1.82, 2.24) is 10.2 Å². The van der Waals surface area contributed by atoms with Gasteiger partial charge in [0.25, 0.3) is 11.1 Å². The van der Waals surface area contributed by atoms with Crippen LogP contribution in [0, 0.1) is 0 Å². The van der Waals surface area contributed by atoms with E-state index in [9.17, 15) is 4.79 Å². The Morgan fingerprint density at radius 3 is 2.70 bits per heavy atom. The topological polar surface area (TPSA) is 86.5 Å². The number of thioether (sulfide) groups is 1. The first-order valence-corrected chi connectivity index (χ1v) is 10.2. The molecule has 7 nitrogen and oxygen atoms in total. The van der Waals surface area contributed by atoms with Crippen LogP contribution in [0.1, 0.15) is 5.89 Å². The second-order valence-corrected chi connectivity index (χ2v) is 7.25. The number of anilines is 1. The summed E-state index contributed by atoms with van der Waals surface area (Å²) in [6.07, 6.45) is 0. The number of ether oxygens (including phenoxy) is 2. The van der Waals surface area contributed by atoms with E-state index in [1.54, 1.807) is 13.2 Å². The summed E-state index contributed by atoms with van der Waals surface area (Å²) < 4.78 is 16.3. The van der Waals surface area contributed by atoms with Crippen LogP contribution in [0.15, 0.2) is 76.4 Å². The van der Waals surface area contributed by atoms with Gasteiger partial charge >= 0.3 is 0 Å². The van der Waals surface area contributed by atoms with E-state index in [4.69, 9.17) is 13.9 Å². The van der Waals surface area contributed by atoms with Gasteiger partial charge < -0.3 is 19.2 Å². The van der Waals surface area contributed by atoms with Crippen LogP contribution >= 0.6 is 11.8 Å². The van der Waals surface area contributed by atoms with Gasteiger partial charge in [0.05, 0.1) is 12.9 Å². The highest BCUT2D eigenvalue weighted by molar-refractivity contribution is 7.99. The van der Waals surface area contributed by atoms with Gasteiger partial charge in [-0.2, -0.15) is 0 Å². The van der Waals surface area contributed by atoms with Gasteiger partial charge in [0.2, 0.25) is 5.91 Å². The van der Waals surface area contributed by atoms with Crippen molar-refractivity contribution in [3.05, 3.63) is 72.6 Å². The van der Waals surface area contributed by atoms with Gasteiger partial charge in [0, 0.05) is 11.8 Å². The Labute approximate surface area is 177 Å². The van der Waals surface area contributed by atoms with Crippen molar-refractivity contribution in [2.75, 3.05) is 18.2 Å². The Balaban J connectivity index is 1.27. The number of methoxy groups -OCH3 is 1. The molecule has 3 aromatic carbocycles. The molecule has 0 fully saturated rings. The number of carbonyl (C=O) groups excluding carboxylic acids is 1. The molecule has 0 aliphatic carbocycles. The molecule has 0 saturated carbocycles. The summed E-state index contributed by atoms with van der Waals surface area (Å²) in [7, 11) is 1.59. The lowest BCUT2D eigenvalue weighted by Gasteiger charge is -2.06. The first-order chi connectivity index (χ1) is 14.7. The smallest absolute Gasteiger partial charge is 0.277 e. The zero-order valence-electron chi connectivity index (χ0n) is 16.2. The normalized spacial score (nSPS) is 10.7. The largest absolute Gasteiger partial charge is 0.497 e. The zero-order valence-corrected chi connectivity index (χ0v) is 17.0. The van der Waals surface area contributed by atoms with Gasteiger partial charge in [0.1, 0.15) is 11.5 Å². The van der Waals surface area contributed by atoms with Crippen LogP contribution in [0.3, 0.4) is 0 Å². The lowest BCUT2D eigenvalue weighted by Crippen LogP contribution is -2.13. The molecule has 0 atom stereocenters. The van der Waals surface area contributed by atoms with E-state index in [0.29, 0.717) is 22.6 Å². The van der Waals surface area contributed by atoms with Gasteiger partial charge in [-0.15, -0.1) is 10.2 Å². The average molecular weight is 421 g/mol. The molecular formula is C22H19N3O4S. The highest BCUT2D eigenvalue weighted by atomic mass is 32.2. The third-order valence-electron chi connectivity index (χ3n) is 4.21. The Kier molecular flexibility index (Phi) is 6.14. The molecule has 4 rings (SSSR count). The Hall–Kier alpha value is -3.52. The minimum Gasteiger partial charge on any atom is -0.497 e. The van der Waals surface area contributed by atoms with Crippen molar-refractivity contribution in [2.24, 2.45) is 0 Å². The number of fused-ring (bicyclic) bond motifs is 1. The molecule has 0 aliphatic rings. The van der Waals surface area contributed by atoms with Gasteiger partial charge in [-0.3, -0.25) is 4.79 Å². The molecule has 8 heteroatoms. The lowest BCUT2D eigenvalue weighted by atomic mass is 10.1. The molecule has 0 saturated heterocycles. The van der Waals surface area contributed by atoms with Crippen molar-refractivity contribution < 1.29 is 18.7 Å². The number of nitrogens with zero attached hydrogens (tertiary/aromatic N) is 2. The predicted molar refractivity (Wildman–Crippen MR) is 115 cm³/mol. The van der Waals surface area contributed by atoms with E-state index in [1.807, 2.05) is 60.7 Å². The molecule has 1 N–H and O–H groups in total. The lowest BCUT2D eigenvalue weighted by molar-refractivity contribution is -0.113. The van der Waals surface area contributed by atoms with Crippen molar-refractivity contribution >= 4 is 34.1 Å². The Bertz CT molecular complexity index is 1160. The summed E-state index contributed by atoms with van der Waals surface area (Å²) in [6.45, 7) is 0.129. The van der Waals surface area contributed by atoms with Crippen LogP contribution in [0.2, 0.25) is 0 Å². The number of hydrogen-bond donors (Lipinski definition) is 1. The van der Waals surface area contributed by atoms with Crippen LogP contribution in [-0.2, 0) is 11.4 Å². The third-order valence-corrected chi connectivity index (χ3v) is 5.03. The molecular weight excluding hydrogens is 402 g/mol. The Morgan fingerprint density at radius 2 is 1.83 bits per heavy atom. The monoisotopic (exact) mass is 421 g/mol. The fourth-order valence-corrected chi connectivity index (χ4v) is 3.36. The van der Waals surface area contributed by atoms with Crippen LogP contribution in [-0.4, -0.2) is 29.0 Å². The van der Waals surface area contributed by atoms with E-state index < -0.39 is 0 Å². The van der Waals surface area contributed by atoms with Gasteiger partial charge in [0.15, 0.2) is 6.61 Å². The summed E-state index contributed by atoms with van der Waals surface area (Å²) in [6, 6.07) is 21.0. The van der Waals surface area contributed by atoms with Gasteiger partial charge in [-0.1, -0.05) is 48.2 Å². The molecule has 1 amide bonds. The van der Waals surface area contributed by atoms with Crippen molar-refractivity contribution in [1.29, 1.82) is 0 Å². The van der Waals surface area contributed by atoms with Crippen LogP contribution in [0.5, 0.6) is 11.5 Å². The second kappa shape index (κ2) is 9.32. The first kappa shape index (κ1) is 19.8. The van der Waals surface area contributed by atoms with E-state index in [1.165, 1.54) is 11.8 Å². The van der Waals surface area contributed by atoms with E-state index in [2.05, 4.69) is 15.5 Å². The minimum atomic E-state index is -0.150. The molecule has 4 aromatic rings. The number of rotatable bonds is 8. The molecule has 0 radical (unpaired) electrons. The quantitative estimate of drug-likeness (QED) is 0.418. The highest BCUT2D eigenvalue weighted by Gasteiger charge is 2.11. The average Bonchev–Trinajstić information content (AvgIpc) is 3.24. The predicted octanol–water partition coefficient (Wildman–Crippen LogP) is 4.54. The number of carbonyl (C=O) groups is 1. The number of hydrogen-bond acceptors (Lipinski definition) is 7. The van der Waals surface area contributed by atoms with Crippen LogP contribution in [0.4, 0.5) is 5.69 Å². The molecule has 0 spiro atoms. The summed E-state index contributed by atoms with van der Waals surface area (Å²) in [5.74, 6) is 1.67. The number of benzene rings is 3. The molecule has 30 heavy (non-hydrogen) atoms. The fourth-order valence-electron chi connectivity index (χ4n) is 2.78. The van der Waals surface area contributed by atoms with E-state index in [0.717, 1.165) is 16.5 Å². The third kappa shape index (κ3) is 5.09. The Morgan fingerprint density at radius 1 is 1.00 bits per heavy atom. The van der Waals surface area contributed by atoms with E-state index >= 15 is 0 Å². The molecule has 152 valence electrons. The van der Waals surface area contributed by atoms with Gasteiger partial charge in [-0.25, -0.2) is 0 Å². The number of amides is 1. The number of aromatic nitrogens is 2. The maximum atomic E-state index is 12.2. The van der Waals surface area contributed by atoms with Crippen LogP contribution < -0.4 is 14.8 Å². The minimum absolute atomic E-state index is 0.129. The van der Waals surface area contributed by atoms with Gasteiger partial charge in [-0.05, 0) is 35.0 Å². The SMILES string of the molecule is COc1cccc(OCc2nnc(SCC(=O)Nc3ccc4ccccc4c3)o2)c1. The molecule has 1 heterocycles. The molecule has 0 unspecified atom stereocenters. The molecule has 1 aromatic heterocycles. The number of nitrogens with one attached hydrogen (secondary N) is 1. The molecule has 0 bridgehead atoms. The summed E-state index contributed by atoms with van der Waals surface area (Å²) in [5.41, 5.74) is 0.747. The summed E-state index contributed by atoms with van der Waals surface area (Å²) in [5, 5.41) is 13.3. The van der Waals surface area contributed by atoms with Crippen molar-refractivity contribution in [3.8, 4) is 11.5 Å². The first-order valence-electron chi connectivity index (χ1n) is 9.20. The highest BCUT2D eigenvalue weighted by Crippen LogP contribution is 2.22. The molecule has 0 aliphatic heterocycles. The zero-order chi connectivity index (χ0) is 20.8. The van der Waals surface area contributed by atoms with Crippen LogP contribution in [0.25, 0.3) is 10.8 Å². The maximum Gasteiger partial charge on any atom is 0.277 e. The van der Waals surface area contributed by atoms with E-state index in [-0.39, 0.29) is 18.3 Å². The summed E-state index contributed by atoms with van der Waals surface area (Å²) in [4.78, 5) is 12.2. The second-order valence-electron chi connectivity index (χ2n) is 6.33. The van der Waals surface area contributed by atoms with Crippen molar-refractivity contribution in [3.63, 3.8) is 0 Å². The summed E-state index contributed by atoms with van der Waals surface area (Å²) >= 11 is 1.17.